The molecule has 108 valence electrons. The van der Waals surface area contributed by atoms with Crippen LogP contribution in [0.1, 0.15) is 21.6 Å². The summed E-state index contributed by atoms with van der Waals surface area (Å²) in [7, 11) is 0. The number of nitrogens with zero attached hydrogens (tertiary/aromatic N) is 3. The average Bonchev–Trinajstić information content (AvgIpc) is 2.84. The number of hydrogen-bond donors (Lipinski definition) is 1. The standard InChI is InChI=1S/C12H5F4N3O2/c13-9-2-1-7(3-6(9)4-17)19-5-8(11(20)21)10(18-19)12(14,15)16/h1-3,5H,(H,20,21). The number of carboxylic acid groups (broad SMARTS) is 1. The normalized spacial score (nSPS) is 11.2. The van der Waals surface area contributed by atoms with Crippen molar-refractivity contribution in [3.8, 4) is 11.8 Å². The predicted molar refractivity (Wildman–Crippen MR) is 60.2 cm³/mol. The first-order valence-electron chi connectivity index (χ1n) is 5.34. The molecule has 1 aromatic carbocycles. The van der Waals surface area contributed by atoms with Crippen LogP contribution in [0.4, 0.5) is 17.6 Å². The van der Waals surface area contributed by atoms with E-state index in [9.17, 15) is 22.4 Å². The first kappa shape index (κ1) is 14.5. The zero-order chi connectivity index (χ0) is 15.8. The van der Waals surface area contributed by atoms with Crippen LogP contribution in [0.15, 0.2) is 24.4 Å². The van der Waals surface area contributed by atoms with Crippen LogP contribution in [-0.4, -0.2) is 20.9 Å². The molecule has 1 N–H and O–H groups in total. The molecule has 21 heavy (non-hydrogen) atoms. The maximum absolute atomic E-state index is 13.2. The van der Waals surface area contributed by atoms with Crippen molar-refractivity contribution >= 4 is 5.97 Å². The van der Waals surface area contributed by atoms with Gasteiger partial charge in [0, 0.05) is 6.20 Å². The number of hydrogen-bond acceptors (Lipinski definition) is 3. The molecule has 9 heteroatoms. The van der Waals surface area contributed by atoms with Gasteiger partial charge in [-0.25, -0.2) is 13.9 Å². The van der Waals surface area contributed by atoms with E-state index in [4.69, 9.17) is 10.4 Å². The molecule has 0 aliphatic rings. The third-order valence-corrected chi connectivity index (χ3v) is 2.55. The van der Waals surface area contributed by atoms with Crippen LogP contribution in [0.5, 0.6) is 0 Å². The van der Waals surface area contributed by atoms with E-state index in [2.05, 4.69) is 5.10 Å². The maximum atomic E-state index is 13.2. The van der Waals surface area contributed by atoms with Crippen molar-refractivity contribution in [3.63, 3.8) is 0 Å². The fourth-order valence-electron chi connectivity index (χ4n) is 1.61. The Bertz CT molecular complexity index is 759. The highest BCUT2D eigenvalue weighted by molar-refractivity contribution is 5.89. The van der Waals surface area contributed by atoms with Crippen LogP contribution in [0.25, 0.3) is 5.69 Å². The highest BCUT2D eigenvalue weighted by Crippen LogP contribution is 2.31. The smallest absolute Gasteiger partial charge is 0.436 e. The van der Waals surface area contributed by atoms with Crippen molar-refractivity contribution in [2.45, 2.75) is 6.18 Å². The summed E-state index contributed by atoms with van der Waals surface area (Å²) in [6.07, 6.45) is -4.30. The number of aromatic carboxylic acids is 1. The fraction of sp³-hybridized carbons (Fsp3) is 0.0833. The van der Waals surface area contributed by atoms with Gasteiger partial charge < -0.3 is 5.11 Å². The Hall–Kier alpha value is -2.89. The van der Waals surface area contributed by atoms with Gasteiger partial charge in [0.25, 0.3) is 0 Å². The lowest BCUT2D eigenvalue weighted by molar-refractivity contribution is -0.141. The Morgan fingerprint density at radius 2 is 2.05 bits per heavy atom. The molecule has 5 nitrogen and oxygen atoms in total. The molecule has 0 unspecified atom stereocenters. The van der Waals surface area contributed by atoms with Gasteiger partial charge in [-0.3, -0.25) is 0 Å². The van der Waals surface area contributed by atoms with Gasteiger partial charge in [0.15, 0.2) is 5.69 Å². The molecule has 0 aliphatic carbocycles. The number of benzene rings is 1. The Morgan fingerprint density at radius 3 is 2.52 bits per heavy atom. The minimum Gasteiger partial charge on any atom is -0.478 e. The lowest BCUT2D eigenvalue weighted by Gasteiger charge is -2.04. The molecule has 0 radical (unpaired) electrons. The molecule has 0 saturated carbocycles. The molecular formula is C12H5F4N3O2. The lowest BCUT2D eigenvalue weighted by Crippen LogP contribution is -2.12. The van der Waals surface area contributed by atoms with Gasteiger partial charge in [-0.15, -0.1) is 0 Å². The van der Waals surface area contributed by atoms with Gasteiger partial charge in [0.1, 0.15) is 17.4 Å². The summed E-state index contributed by atoms with van der Waals surface area (Å²) in [6, 6.07) is 4.45. The molecule has 2 rings (SSSR count). The molecule has 0 atom stereocenters. The van der Waals surface area contributed by atoms with Gasteiger partial charge in [0.05, 0.1) is 11.3 Å². The number of carbonyl (C=O) groups is 1. The molecule has 0 amide bonds. The number of halogens is 4. The number of rotatable bonds is 2. The van der Waals surface area contributed by atoms with Crippen molar-refractivity contribution in [2.24, 2.45) is 0 Å². The first-order chi connectivity index (χ1) is 9.74. The molecule has 0 bridgehead atoms. The lowest BCUT2D eigenvalue weighted by atomic mass is 10.2. The van der Waals surface area contributed by atoms with Crippen molar-refractivity contribution in [3.05, 3.63) is 47.0 Å². The van der Waals surface area contributed by atoms with Crippen LogP contribution in [0.2, 0.25) is 0 Å². The summed E-state index contributed by atoms with van der Waals surface area (Å²) in [5, 5.41) is 20.6. The Labute approximate surface area is 114 Å². The van der Waals surface area contributed by atoms with E-state index in [1.54, 1.807) is 0 Å². The van der Waals surface area contributed by atoms with Crippen LogP contribution in [-0.2, 0) is 6.18 Å². The molecule has 0 spiro atoms. The third-order valence-electron chi connectivity index (χ3n) is 2.55. The molecule has 2 aromatic rings. The second kappa shape index (κ2) is 4.90. The van der Waals surface area contributed by atoms with Crippen molar-refractivity contribution in [1.82, 2.24) is 9.78 Å². The van der Waals surface area contributed by atoms with Crippen LogP contribution in [0.3, 0.4) is 0 Å². The summed E-state index contributed by atoms with van der Waals surface area (Å²) in [5.74, 6) is -2.64. The van der Waals surface area contributed by atoms with E-state index in [0.29, 0.717) is 10.9 Å². The zero-order valence-electron chi connectivity index (χ0n) is 10.0. The van der Waals surface area contributed by atoms with E-state index in [1.165, 1.54) is 6.07 Å². The minimum absolute atomic E-state index is 0.0639. The summed E-state index contributed by atoms with van der Waals surface area (Å²) in [5.41, 5.74) is -3.07. The van der Waals surface area contributed by atoms with Crippen LogP contribution >= 0.6 is 0 Å². The van der Waals surface area contributed by atoms with Gasteiger partial charge in [0.2, 0.25) is 0 Å². The number of aromatic nitrogens is 2. The second-order valence-corrected chi connectivity index (χ2v) is 3.91. The molecular weight excluding hydrogens is 294 g/mol. The highest BCUT2D eigenvalue weighted by Gasteiger charge is 2.39. The number of carboxylic acids is 1. The maximum Gasteiger partial charge on any atom is 0.436 e. The van der Waals surface area contributed by atoms with E-state index >= 15 is 0 Å². The van der Waals surface area contributed by atoms with E-state index in [-0.39, 0.29) is 5.69 Å². The molecule has 0 aliphatic heterocycles. The van der Waals surface area contributed by atoms with E-state index in [0.717, 1.165) is 18.2 Å². The minimum atomic E-state index is -4.95. The second-order valence-electron chi connectivity index (χ2n) is 3.91. The largest absolute Gasteiger partial charge is 0.478 e. The molecule has 0 fully saturated rings. The summed E-state index contributed by atoms with van der Waals surface area (Å²) < 4.78 is 51.9. The van der Waals surface area contributed by atoms with Gasteiger partial charge in [-0.05, 0) is 18.2 Å². The highest BCUT2D eigenvalue weighted by atomic mass is 19.4. The Kier molecular flexibility index (Phi) is 3.39. The van der Waals surface area contributed by atoms with Crippen LogP contribution in [0, 0.1) is 17.1 Å². The van der Waals surface area contributed by atoms with E-state index in [1.807, 2.05) is 0 Å². The monoisotopic (exact) mass is 299 g/mol. The summed E-state index contributed by atoms with van der Waals surface area (Å²) >= 11 is 0. The topological polar surface area (TPSA) is 78.9 Å². The van der Waals surface area contributed by atoms with Crippen molar-refractivity contribution in [1.29, 1.82) is 5.26 Å². The predicted octanol–water partition coefficient (Wildman–Crippen LogP) is 2.60. The SMILES string of the molecule is N#Cc1cc(-n2cc(C(=O)O)c(C(F)(F)F)n2)ccc1F. The summed E-state index contributed by atoms with van der Waals surface area (Å²) in [4.78, 5) is 10.8. The summed E-state index contributed by atoms with van der Waals surface area (Å²) in [6.45, 7) is 0. The molecule has 1 aromatic heterocycles. The fourth-order valence-corrected chi connectivity index (χ4v) is 1.61. The van der Waals surface area contributed by atoms with Crippen LogP contribution < -0.4 is 0 Å². The van der Waals surface area contributed by atoms with Crippen molar-refractivity contribution < 1.29 is 27.5 Å². The quantitative estimate of drug-likeness (QED) is 0.864. The number of alkyl halides is 3. The number of nitriles is 1. The van der Waals surface area contributed by atoms with Gasteiger partial charge in [-0.2, -0.15) is 23.5 Å². The van der Waals surface area contributed by atoms with Gasteiger partial charge >= 0.3 is 12.1 Å². The average molecular weight is 299 g/mol. The third kappa shape index (κ3) is 2.69. The molecule has 0 saturated heterocycles. The van der Waals surface area contributed by atoms with Crippen molar-refractivity contribution in [2.75, 3.05) is 0 Å². The van der Waals surface area contributed by atoms with Gasteiger partial charge in [-0.1, -0.05) is 0 Å². The zero-order valence-corrected chi connectivity index (χ0v) is 10.0. The van der Waals surface area contributed by atoms with E-state index < -0.39 is 34.8 Å². The molecule has 1 heterocycles. The Balaban J connectivity index is 2.61. The first-order valence-corrected chi connectivity index (χ1v) is 5.34. The Morgan fingerprint density at radius 1 is 1.38 bits per heavy atom.